The summed E-state index contributed by atoms with van der Waals surface area (Å²) in [6, 6.07) is 0. The van der Waals surface area contributed by atoms with Gasteiger partial charge in [0.15, 0.2) is 6.10 Å². The third-order valence-corrected chi connectivity index (χ3v) is 15.4. The van der Waals surface area contributed by atoms with Gasteiger partial charge in [0, 0.05) is 6.42 Å². The smallest absolute Gasteiger partial charge is 0.306 e. The zero-order valence-electron chi connectivity index (χ0n) is 47.7. The van der Waals surface area contributed by atoms with Crippen molar-refractivity contribution in [2.45, 2.75) is 399 Å². The number of esters is 1. The topological polar surface area (TPSA) is 66.8 Å². The van der Waals surface area contributed by atoms with Gasteiger partial charge in [-0.15, -0.1) is 0 Å². The molecule has 0 aliphatic carbocycles. The maximum atomic E-state index is 13.1. The highest BCUT2D eigenvalue weighted by atomic mass is 16.6. The Kier molecular flexibility index (Phi) is 58.9. The number of hydrogen-bond acceptors (Lipinski definition) is 4. The summed E-state index contributed by atoms with van der Waals surface area (Å²) in [6.07, 6.45) is 73.9. The predicted molar refractivity (Wildman–Crippen MR) is 307 cm³/mol. The molecule has 0 aromatic carbocycles. The fourth-order valence-electron chi connectivity index (χ4n) is 10.5. The lowest BCUT2D eigenvalue weighted by atomic mass is 9.96. The van der Waals surface area contributed by atoms with Crippen LogP contribution in [-0.4, -0.2) is 34.5 Å². The zero-order valence-corrected chi connectivity index (χ0v) is 47.7. The molecule has 0 aliphatic rings. The summed E-state index contributed by atoms with van der Waals surface area (Å²) >= 11 is 0. The molecule has 0 aromatic rings. The lowest BCUT2D eigenvalue weighted by Gasteiger charge is -2.28. The van der Waals surface area contributed by atoms with Crippen molar-refractivity contribution in [3.05, 3.63) is 12.2 Å². The zero-order chi connectivity index (χ0) is 50.0. The van der Waals surface area contributed by atoms with Gasteiger partial charge in [0.2, 0.25) is 0 Å². The van der Waals surface area contributed by atoms with Crippen LogP contribution < -0.4 is 0 Å². The van der Waals surface area contributed by atoms with Gasteiger partial charge in [0.25, 0.3) is 0 Å². The Labute approximate surface area is 434 Å². The number of unbranched alkanes of at least 4 members (excludes halogenated alkanes) is 49. The first kappa shape index (κ1) is 68.1. The quantitative estimate of drug-likeness (QED) is 0.0362. The highest BCUT2D eigenvalue weighted by Crippen LogP contribution is 2.22. The fourth-order valence-corrected chi connectivity index (χ4v) is 10.5. The monoisotopic (exact) mass is 973 g/mol. The molecule has 0 amide bonds. The molecule has 4 heteroatoms. The maximum Gasteiger partial charge on any atom is 0.306 e. The molecule has 0 heterocycles. The van der Waals surface area contributed by atoms with Gasteiger partial charge in [-0.25, -0.2) is 0 Å². The summed E-state index contributed by atoms with van der Waals surface area (Å²) in [5.41, 5.74) is 0. The van der Waals surface area contributed by atoms with Gasteiger partial charge in [0.05, 0.1) is 12.2 Å². The van der Waals surface area contributed by atoms with Gasteiger partial charge in [-0.1, -0.05) is 341 Å². The molecule has 0 radical (unpaired) electrons. The minimum absolute atomic E-state index is 0.247. The van der Waals surface area contributed by atoms with Crippen LogP contribution >= 0.6 is 0 Å². The minimum atomic E-state index is -0.804. The second-order valence-corrected chi connectivity index (χ2v) is 22.4. The van der Waals surface area contributed by atoms with E-state index < -0.39 is 18.3 Å². The Morgan fingerprint density at radius 2 is 0.507 bits per heavy atom. The van der Waals surface area contributed by atoms with Crippen LogP contribution in [0, 0.1) is 0 Å². The Morgan fingerprint density at radius 3 is 0.754 bits per heavy atom. The van der Waals surface area contributed by atoms with E-state index in [0.717, 1.165) is 51.4 Å². The van der Waals surface area contributed by atoms with Crippen LogP contribution in [0.1, 0.15) is 380 Å². The van der Waals surface area contributed by atoms with E-state index in [1.165, 1.54) is 289 Å². The molecule has 0 rings (SSSR count). The SMILES string of the molecule is CCCCCCCC/C=C\CCCCCCCC(=O)OC(C(O)CCCCCCCCCCCCCCCCCCCCCC)C(O)CCCCCCCCCCCCCCCCCCCCCC. The summed E-state index contributed by atoms with van der Waals surface area (Å²) < 4.78 is 5.93. The number of hydrogen-bond donors (Lipinski definition) is 2. The Morgan fingerprint density at radius 1 is 0.304 bits per heavy atom. The number of allylic oxidation sites excluding steroid dienone is 2. The Bertz CT molecular complexity index is 929. The van der Waals surface area contributed by atoms with Gasteiger partial charge in [-0.2, -0.15) is 0 Å². The second-order valence-electron chi connectivity index (χ2n) is 22.4. The van der Waals surface area contributed by atoms with E-state index in [1.807, 2.05) is 0 Å². The molecular weight excluding hydrogens is 845 g/mol. The highest BCUT2D eigenvalue weighted by Gasteiger charge is 2.30. The average Bonchev–Trinajstić information content (AvgIpc) is 3.35. The summed E-state index contributed by atoms with van der Waals surface area (Å²) in [5.74, 6) is -0.247. The van der Waals surface area contributed by atoms with Crippen molar-refractivity contribution in [1.82, 2.24) is 0 Å². The summed E-state index contributed by atoms with van der Waals surface area (Å²) in [6.45, 7) is 6.87. The molecule has 0 saturated heterocycles. The molecule has 0 bridgehead atoms. The van der Waals surface area contributed by atoms with E-state index in [-0.39, 0.29) is 5.97 Å². The first-order chi connectivity index (χ1) is 34.1. The van der Waals surface area contributed by atoms with Gasteiger partial charge in [0.1, 0.15) is 0 Å². The van der Waals surface area contributed by atoms with Gasteiger partial charge < -0.3 is 14.9 Å². The molecule has 2 atom stereocenters. The lowest BCUT2D eigenvalue weighted by Crippen LogP contribution is -2.41. The molecule has 0 aliphatic heterocycles. The lowest BCUT2D eigenvalue weighted by molar-refractivity contribution is -0.165. The third-order valence-electron chi connectivity index (χ3n) is 15.4. The molecule has 2 N–H and O–H groups in total. The van der Waals surface area contributed by atoms with Crippen molar-refractivity contribution in [1.29, 1.82) is 0 Å². The first-order valence-corrected chi connectivity index (χ1v) is 32.3. The van der Waals surface area contributed by atoms with Crippen LogP contribution in [0.3, 0.4) is 0 Å². The van der Waals surface area contributed by atoms with Crippen LogP contribution in [0.25, 0.3) is 0 Å². The minimum Gasteiger partial charge on any atom is -0.457 e. The Hall–Kier alpha value is -0.870. The second kappa shape index (κ2) is 59.7. The van der Waals surface area contributed by atoms with Crippen LogP contribution in [0.2, 0.25) is 0 Å². The van der Waals surface area contributed by atoms with Crippen molar-refractivity contribution in [2.24, 2.45) is 0 Å². The van der Waals surface area contributed by atoms with Crippen molar-refractivity contribution in [3.8, 4) is 0 Å². The van der Waals surface area contributed by atoms with E-state index in [2.05, 4.69) is 32.9 Å². The summed E-state index contributed by atoms with van der Waals surface area (Å²) in [4.78, 5) is 13.1. The molecule has 0 saturated carbocycles. The summed E-state index contributed by atoms with van der Waals surface area (Å²) in [5, 5.41) is 22.6. The maximum absolute atomic E-state index is 13.1. The molecule has 0 fully saturated rings. The molecule has 0 spiro atoms. The molecule has 412 valence electrons. The number of aliphatic hydroxyl groups is 2. The van der Waals surface area contributed by atoms with E-state index in [4.69, 9.17) is 4.74 Å². The predicted octanol–water partition coefficient (Wildman–Crippen LogP) is 22.1. The van der Waals surface area contributed by atoms with Crippen LogP contribution in [0.4, 0.5) is 0 Å². The molecule has 0 aromatic heterocycles. The van der Waals surface area contributed by atoms with E-state index in [9.17, 15) is 15.0 Å². The summed E-state index contributed by atoms with van der Waals surface area (Å²) in [7, 11) is 0. The van der Waals surface area contributed by atoms with Crippen molar-refractivity contribution in [2.75, 3.05) is 0 Å². The molecule has 4 nitrogen and oxygen atoms in total. The van der Waals surface area contributed by atoms with Crippen molar-refractivity contribution < 1.29 is 19.7 Å². The fraction of sp³-hybridized carbons (Fsp3) is 0.954. The Balaban J connectivity index is 4.31. The standard InChI is InChI=1S/C65H128O4/c1-4-7-10-13-16-19-22-25-28-30-32-34-36-39-41-44-47-50-53-56-59-62(66)65(69-64(68)61-58-55-52-49-46-43-38-27-24-21-18-15-12-9-6-3)63(67)60-57-54-51-48-45-42-40-37-35-33-31-29-26-23-20-17-14-11-8-5-2/h27,38,62-63,65-67H,4-26,28-37,39-61H2,1-3H3/b38-27-. The number of carbonyl (C=O) groups is 1. The van der Waals surface area contributed by atoms with Gasteiger partial charge in [-0.05, 0) is 44.9 Å². The first-order valence-electron chi connectivity index (χ1n) is 32.3. The van der Waals surface area contributed by atoms with Crippen LogP contribution in [0.15, 0.2) is 12.2 Å². The van der Waals surface area contributed by atoms with E-state index in [0.29, 0.717) is 19.3 Å². The third kappa shape index (κ3) is 54.7. The number of rotatable bonds is 60. The van der Waals surface area contributed by atoms with Crippen molar-refractivity contribution in [3.63, 3.8) is 0 Å². The van der Waals surface area contributed by atoms with Crippen LogP contribution in [-0.2, 0) is 9.53 Å². The highest BCUT2D eigenvalue weighted by molar-refractivity contribution is 5.69. The van der Waals surface area contributed by atoms with Crippen LogP contribution in [0.5, 0.6) is 0 Å². The van der Waals surface area contributed by atoms with E-state index >= 15 is 0 Å². The normalized spacial score (nSPS) is 13.2. The number of carbonyl (C=O) groups excluding carboxylic acids is 1. The van der Waals surface area contributed by atoms with Gasteiger partial charge >= 0.3 is 5.97 Å². The van der Waals surface area contributed by atoms with Crippen molar-refractivity contribution >= 4 is 5.97 Å². The number of aliphatic hydroxyl groups excluding tert-OH is 2. The van der Waals surface area contributed by atoms with E-state index in [1.54, 1.807) is 0 Å². The largest absolute Gasteiger partial charge is 0.457 e. The molecule has 69 heavy (non-hydrogen) atoms. The van der Waals surface area contributed by atoms with Gasteiger partial charge in [-0.3, -0.25) is 4.79 Å². The average molecular weight is 974 g/mol. The number of ether oxygens (including phenoxy) is 1. The molecular formula is C65H128O4. The molecule has 2 unspecified atom stereocenters.